The van der Waals surface area contributed by atoms with Crippen LogP contribution in [0.25, 0.3) is 0 Å². The third kappa shape index (κ3) is 4.58. The Balaban J connectivity index is 1.39. The first kappa shape index (κ1) is 19.5. The molecule has 6 nitrogen and oxygen atoms in total. The summed E-state index contributed by atoms with van der Waals surface area (Å²) in [6, 6.07) is 1.76. The first-order valence-electron chi connectivity index (χ1n) is 10.3. The molecule has 0 aromatic heterocycles. The fourth-order valence-electron chi connectivity index (χ4n) is 4.45. The highest BCUT2D eigenvalue weighted by atomic mass is 32.2. The van der Waals surface area contributed by atoms with E-state index in [1.807, 2.05) is 7.05 Å². The number of fused-ring (bicyclic) bond motifs is 2. The number of hydrogen-bond donors (Lipinski definition) is 3. The minimum atomic E-state index is -3.31. The first-order chi connectivity index (χ1) is 13.4. The highest BCUT2D eigenvalue weighted by molar-refractivity contribution is 7.93. The van der Waals surface area contributed by atoms with Crippen LogP contribution < -0.4 is 10.0 Å². The standard InChI is InChI=1S/C21H30N4O2S/c1-25(14-15-9-10-15)11-4-12-28(22,27)24-21(26)23-20-18-7-2-5-16(18)13-17-6-3-8-19(17)20/h4,12-13,15H,2-3,5-11,14H2,1H3,(H3,22,23,24,26,27)/b12-4+. The Morgan fingerprint density at radius 3 is 2.46 bits per heavy atom. The van der Waals surface area contributed by atoms with Gasteiger partial charge in [-0.1, -0.05) is 12.1 Å². The van der Waals surface area contributed by atoms with Gasteiger partial charge in [-0.15, -0.1) is 0 Å². The molecule has 152 valence electrons. The van der Waals surface area contributed by atoms with Gasteiger partial charge in [-0.3, -0.25) is 0 Å². The van der Waals surface area contributed by atoms with Gasteiger partial charge in [0.15, 0.2) is 9.92 Å². The molecule has 0 aliphatic heterocycles. The maximum atomic E-state index is 12.5. The van der Waals surface area contributed by atoms with Crippen LogP contribution in [0.1, 0.15) is 47.9 Å². The average molecular weight is 403 g/mol. The largest absolute Gasteiger partial charge is 0.331 e. The van der Waals surface area contributed by atoms with Gasteiger partial charge < -0.3 is 10.2 Å². The van der Waals surface area contributed by atoms with Gasteiger partial charge >= 0.3 is 6.03 Å². The Morgan fingerprint density at radius 2 is 1.86 bits per heavy atom. The summed E-state index contributed by atoms with van der Waals surface area (Å²) in [6.45, 7) is 1.66. The Kier molecular flexibility index (Phi) is 5.47. The molecule has 3 N–H and O–H groups in total. The summed E-state index contributed by atoms with van der Waals surface area (Å²) >= 11 is 0. The molecule has 2 amide bonds. The number of nitrogens with one attached hydrogen (secondary N) is 3. The van der Waals surface area contributed by atoms with Crippen molar-refractivity contribution in [2.75, 3.05) is 25.5 Å². The Hall–Kier alpha value is -1.86. The summed E-state index contributed by atoms with van der Waals surface area (Å²) in [5.74, 6) is 0.789. The van der Waals surface area contributed by atoms with E-state index in [2.05, 4.69) is 21.0 Å². The molecule has 4 rings (SSSR count). The summed E-state index contributed by atoms with van der Waals surface area (Å²) in [5.41, 5.74) is 6.03. The van der Waals surface area contributed by atoms with E-state index in [0.29, 0.717) is 6.54 Å². The smallest absolute Gasteiger partial charge is 0.307 e. The number of likely N-dealkylation sites (N-methyl/N-ethyl adjacent to an activating group) is 1. The van der Waals surface area contributed by atoms with Crippen LogP contribution in [0.5, 0.6) is 0 Å². The van der Waals surface area contributed by atoms with Crippen LogP contribution in [-0.4, -0.2) is 35.3 Å². The van der Waals surface area contributed by atoms with Gasteiger partial charge in [0.2, 0.25) is 0 Å². The Bertz CT molecular complexity index is 871. The lowest BCUT2D eigenvalue weighted by Crippen LogP contribution is -2.33. The number of nitrogens with zero attached hydrogens (tertiary/aromatic N) is 1. The lowest BCUT2D eigenvalue weighted by molar-refractivity contribution is 0.257. The van der Waals surface area contributed by atoms with Gasteiger partial charge in [0, 0.05) is 24.2 Å². The molecule has 3 aliphatic carbocycles. The van der Waals surface area contributed by atoms with Crippen molar-refractivity contribution in [3.8, 4) is 0 Å². The van der Waals surface area contributed by atoms with E-state index in [4.69, 9.17) is 4.78 Å². The fourth-order valence-corrected chi connectivity index (χ4v) is 5.20. The maximum absolute atomic E-state index is 12.5. The SMILES string of the molecule is CN(C/C=C/S(=N)(=O)NC(=O)Nc1c2c(cc3c1CCC3)CCC2)CC1CC1. The number of hydrogen-bond acceptors (Lipinski definition) is 4. The average Bonchev–Trinajstić information content (AvgIpc) is 3.11. The van der Waals surface area contributed by atoms with Gasteiger partial charge in [0.25, 0.3) is 0 Å². The topological polar surface area (TPSA) is 85.3 Å². The van der Waals surface area contributed by atoms with Crippen molar-refractivity contribution < 1.29 is 9.00 Å². The predicted octanol–water partition coefficient (Wildman–Crippen LogP) is 3.60. The molecular formula is C21H30N4O2S. The molecule has 7 heteroatoms. The molecule has 1 aromatic rings. The second kappa shape index (κ2) is 7.87. The molecule has 3 aliphatic rings. The third-order valence-corrected chi connectivity index (χ3v) is 6.99. The van der Waals surface area contributed by atoms with E-state index in [-0.39, 0.29) is 0 Å². The summed E-state index contributed by atoms with van der Waals surface area (Å²) < 4.78 is 22.8. The van der Waals surface area contributed by atoms with Crippen molar-refractivity contribution in [3.05, 3.63) is 39.8 Å². The normalized spacial score (nSPS) is 20.2. The second-order valence-corrected chi connectivity index (χ2v) is 10.1. The zero-order valence-corrected chi connectivity index (χ0v) is 17.4. The zero-order valence-electron chi connectivity index (χ0n) is 16.6. The van der Waals surface area contributed by atoms with Crippen molar-refractivity contribution >= 4 is 21.6 Å². The van der Waals surface area contributed by atoms with Gasteiger partial charge in [-0.2, -0.15) is 0 Å². The van der Waals surface area contributed by atoms with Gasteiger partial charge in [0.05, 0.1) is 0 Å². The van der Waals surface area contributed by atoms with Gasteiger partial charge in [-0.05, 0) is 86.6 Å². The number of amides is 2. The summed E-state index contributed by atoms with van der Waals surface area (Å²) in [6.07, 6.45) is 10.6. The van der Waals surface area contributed by atoms with Crippen LogP contribution in [0.2, 0.25) is 0 Å². The fraction of sp³-hybridized carbons (Fsp3) is 0.571. The summed E-state index contributed by atoms with van der Waals surface area (Å²) in [7, 11) is -1.29. The van der Waals surface area contributed by atoms with Crippen molar-refractivity contribution in [2.45, 2.75) is 51.4 Å². The molecule has 28 heavy (non-hydrogen) atoms. The maximum Gasteiger partial charge on any atom is 0.331 e. The number of carbonyl (C=O) groups is 1. The molecule has 0 bridgehead atoms. The van der Waals surface area contributed by atoms with Crippen LogP contribution in [0, 0.1) is 10.7 Å². The van der Waals surface area contributed by atoms with E-state index in [1.165, 1.54) is 40.5 Å². The monoisotopic (exact) mass is 402 g/mol. The Labute approximate surface area is 167 Å². The summed E-state index contributed by atoms with van der Waals surface area (Å²) in [4.78, 5) is 14.7. The molecule has 0 saturated heterocycles. The molecular weight excluding hydrogens is 372 g/mol. The number of carbonyl (C=O) groups excluding carboxylic acids is 1. The quantitative estimate of drug-likeness (QED) is 0.651. The zero-order chi connectivity index (χ0) is 19.7. The van der Waals surface area contributed by atoms with Crippen molar-refractivity contribution in [2.24, 2.45) is 5.92 Å². The molecule has 1 atom stereocenters. The minimum Gasteiger partial charge on any atom is -0.307 e. The molecule has 0 spiro atoms. The van der Waals surface area contributed by atoms with Crippen LogP contribution >= 0.6 is 0 Å². The van der Waals surface area contributed by atoms with E-state index in [9.17, 15) is 9.00 Å². The minimum absolute atomic E-state index is 0.551. The van der Waals surface area contributed by atoms with Crippen molar-refractivity contribution in [1.82, 2.24) is 9.62 Å². The van der Waals surface area contributed by atoms with Gasteiger partial charge in [-0.25, -0.2) is 18.5 Å². The second-order valence-electron chi connectivity index (χ2n) is 8.43. The van der Waals surface area contributed by atoms with E-state index in [0.717, 1.165) is 56.7 Å². The number of rotatable bonds is 7. The highest BCUT2D eigenvalue weighted by Crippen LogP contribution is 2.38. The highest BCUT2D eigenvalue weighted by Gasteiger charge is 2.25. The molecule has 0 heterocycles. The molecule has 1 aromatic carbocycles. The lowest BCUT2D eigenvalue weighted by atomic mass is 9.99. The molecule has 1 unspecified atom stereocenters. The van der Waals surface area contributed by atoms with Crippen LogP contribution in [-0.2, 0) is 35.6 Å². The van der Waals surface area contributed by atoms with Gasteiger partial charge in [0.1, 0.15) is 0 Å². The van der Waals surface area contributed by atoms with Crippen LogP contribution in [0.4, 0.5) is 10.5 Å². The van der Waals surface area contributed by atoms with Crippen molar-refractivity contribution in [1.29, 1.82) is 4.78 Å². The van der Waals surface area contributed by atoms with E-state index < -0.39 is 15.9 Å². The summed E-state index contributed by atoms with van der Waals surface area (Å²) in [5, 5.41) is 4.25. The number of benzene rings is 1. The molecule has 0 radical (unpaired) electrons. The third-order valence-electron chi connectivity index (χ3n) is 5.93. The first-order valence-corrected chi connectivity index (χ1v) is 11.9. The van der Waals surface area contributed by atoms with E-state index in [1.54, 1.807) is 6.08 Å². The number of anilines is 1. The molecule has 1 fully saturated rings. The molecule has 1 saturated carbocycles. The number of aryl methyl sites for hydroxylation is 2. The predicted molar refractivity (Wildman–Crippen MR) is 113 cm³/mol. The van der Waals surface area contributed by atoms with Crippen LogP contribution in [0.3, 0.4) is 0 Å². The Morgan fingerprint density at radius 1 is 1.21 bits per heavy atom. The van der Waals surface area contributed by atoms with Crippen LogP contribution in [0.15, 0.2) is 17.6 Å². The van der Waals surface area contributed by atoms with Crippen molar-refractivity contribution in [3.63, 3.8) is 0 Å². The number of urea groups is 1. The van der Waals surface area contributed by atoms with E-state index >= 15 is 0 Å². The lowest BCUT2D eigenvalue weighted by Gasteiger charge is -2.17.